The highest BCUT2D eigenvalue weighted by Crippen LogP contribution is 2.22. The van der Waals surface area contributed by atoms with Crippen molar-refractivity contribution in [3.8, 4) is 5.69 Å². The van der Waals surface area contributed by atoms with Crippen molar-refractivity contribution in [1.29, 1.82) is 0 Å². The predicted octanol–water partition coefficient (Wildman–Crippen LogP) is 2.98. The van der Waals surface area contributed by atoms with Crippen LogP contribution in [0.15, 0.2) is 24.4 Å². The maximum atomic E-state index is 13.2. The van der Waals surface area contributed by atoms with Crippen LogP contribution in [0, 0.1) is 16.3 Å². The molecule has 19 heavy (non-hydrogen) atoms. The van der Waals surface area contributed by atoms with Gasteiger partial charge in [0.1, 0.15) is 5.82 Å². The molecule has 0 radical (unpaired) electrons. The van der Waals surface area contributed by atoms with Crippen molar-refractivity contribution in [2.75, 3.05) is 25.6 Å². The highest BCUT2D eigenvalue weighted by atomic mass is 127. The number of imidazole rings is 1. The average molecular weight is 375 g/mol. The molecule has 2 rings (SSSR count). The van der Waals surface area contributed by atoms with Gasteiger partial charge in [0, 0.05) is 23.4 Å². The number of benzene rings is 1. The second-order valence-electron chi connectivity index (χ2n) is 4.09. The molecule has 0 bridgehead atoms. The molecule has 102 valence electrons. The summed E-state index contributed by atoms with van der Waals surface area (Å²) in [5.74, 6) is 0.498. The number of anilines is 1. The molecule has 0 aliphatic heterocycles. The Balaban J connectivity index is 2.32. The molecule has 0 amide bonds. The number of nitrogens with one attached hydrogen (secondary N) is 1. The molecule has 1 N–H and O–H groups in total. The number of halogens is 2. The summed E-state index contributed by atoms with van der Waals surface area (Å²) in [6.45, 7) is 3.20. The van der Waals surface area contributed by atoms with E-state index >= 15 is 0 Å². The molecule has 1 heterocycles. The van der Waals surface area contributed by atoms with Crippen LogP contribution in [-0.2, 0) is 4.74 Å². The Morgan fingerprint density at radius 3 is 2.95 bits per heavy atom. The van der Waals surface area contributed by atoms with Crippen LogP contribution in [0.4, 0.5) is 10.3 Å². The van der Waals surface area contributed by atoms with E-state index in [1.807, 2.05) is 17.7 Å². The zero-order valence-corrected chi connectivity index (χ0v) is 12.9. The fourth-order valence-corrected chi connectivity index (χ4v) is 2.48. The maximum absolute atomic E-state index is 13.2. The molecule has 2 aromatic rings. The minimum absolute atomic E-state index is 0.237. The van der Waals surface area contributed by atoms with Gasteiger partial charge in [-0.1, -0.05) is 0 Å². The summed E-state index contributed by atoms with van der Waals surface area (Å²) in [4.78, 5) is 4.42. The van der Waals surface area contributed by atoms with Gasteiger partial charge in [-0.25, -0.2) is 9.37 Å². The summed E-state index contributed by atoms with van der Waals surface area (Å²) < 4.78 is 20.9. The molecular formula is C13H15FIN3O. The van der Waals surface area contributed by atoms with Crippen LogP contribution < -0.4 is 5.32 Å². The molecule has 6 heteroatoms. The molecular weight excluding hydrogens is 360 g/mol. The van der Waals surface area contributed by atoms with E-state index in [1.165, 1.54) is 12.1 Å². The minimum atomic E-state index is -0.237. The number of rotatable bonds is 5. The Labute approximate surface area is 125 Å². The van der Waals surface area contributed by atoms with E-state index in [1.54, 1.807) is 13.2 Å². The molecule has 0 spiro atoms. The van der Waals surface area contributed by atoms with Crippen LogP contribution in [0.2, 0.25) is 0 Å². The molecule has 0 saturated heterocycles. The Morgan fingerprint density at radius 2 is 2.26 bits per heavy atom. The molecule has 1 aromatic heterocycles. The number of hydrogen-bond acceptors (Lipinski definition) is 3. The summed E-state index contributed by atoms with van der Waals surface area (Å²) in [7, 11) is 1.66. The van der Waals surface area contributed by atoms with E-state index < -0.39 is 0 Å². The van der Waals surface area contributed by atoms with Crippen LogP contribution in [0.1, 0.15) is 5.69 Å². The maximum Gasteiger partial charge on any atom is 0.207 e. The summed E-state index contributed by atoms with van der Waals surface area (Å²) in [6.07, 6.45) is 1.92. The monoisotopic (exact) mass is 375 g/mol. The fourth-order valence-electron chi connectivity index (χ4n) is 1.75. The number of hydrogen-bond donors (Lipinski definition) is 1. The normalized spacial score (nSPS) is 10.7. The number of aryl methyl sites for hydroxylation is 1. The SMILES string of the molecule is COCCNc1nc(C)cn1-c1ccc(F)cc1I. The lowest BCUT2D eigenvalue weighted by Crippen LogP contribution is -2.12. The van der Waals surface area contributed by atoms with Crippen LogP contribution in [0.3, 0.4) is 0 Å². The quantitative estimate of drug-likeness (QED) is 0.645. The summed E-state index contributed by atoms with van der Waals surface area (Å²) in [6, 6.07) is 4.70. The van der Waals surface area contributed by atoms with E-state index in [0.29, 0.717) is 13.2 Å². The summed E-state index contributed by atoms with van der Waals surface area (Å²) in [5.41, 5.74) is 1.81. The zero-order valence-electron chi connectivity index (χ0n) is 10.8. The van der Waals surface area contributed by atoms with E-state index in [0.717, 1.165) is 20.9 Å². The van der Waals surface area contributed by atoms with Crippen molar-refractivity contribution in [2.24, 2.45) is 0 Å². The predicted molar refractivity (Wildman–Crippen MR) is 81.3 cm³/mol. The van der Waals surface area contributed by atoms with Crippen molar-refractivity contribution < 1.29 is 9.13 Å². The minimum Gasteiger partial charge on any atom is -0.383 e. The van der Waals surface area contributed by atoms with Crippen molar-refractivity contribution in [3.63, 3.8) is 0 Å². The van der Waals surface area contributed by atoms with E-state index in [-0.39, 0.29) is 5.82 Å². The highest BCUT2D eigenvalue weighted by Gasteiger charge is 2.10. The largest absolute Gasteiger partial charge is 0.383 e. The Hall–Kier alpha value is -1.15. The van der Waals surface area contributed by atoms with E-state index in [4.69, 9.17) is 4.74 Å². The van der Waals surface area contributed by atoms with Gasteiger partial charge in [0.2, 0.25) is 5.95 Å². The zero-order chi connectivity index (χ0) is 13.8. The Bertz CT molecular complexity index is 571. The van der Waals surface area contributed by atoms with Gasteiger partial charge in [0.05, 0.1) is 18.0 Å². The van der Waals surface area contributed by atoms with Gasteiger partial charge < -0.3 is 10.1 Å². The van der Waals surface area contributed by atoms with Crippen LogP contribution in [0.5, 0.6) is 0 Å². The van der Waals surface area contributed by atoms with Crippen LogP contribution in [-0.4, -0.2) is 29.8 Å². The van der Waals surface area contributed by atoms with Gasteiger partial charge in [0.15, 0.2) is 0 Å². The highest BCUT2D eigenvalue weighted by molar-refractivity contribution is 14.1. The third kappa shape index (κ3) is 3.44. The number of aromatic nitrogens is 2. The first kappa shape index (κ1) is 14.3. The van der Waals surface area contributed by atoms with Gasteiger partial charge >= 0.3 is 0 Å². The van der Waals surface area contributed by atoms with Gasteiger partial charge in [-0.3, -0.25) is 4.57 Å². The first-order chi connectivity index (χ1) is 9.11. The van der Waals surface area contributed by atoms with Crippen molar-refractivity contribution in [2.45, 2.75) is 6.92 Å². The Kier molecular flexibility index (Phi) is 4.76. The molecule has 0 aliphatic carbocycles. The lowest BCUT2D eigenvalue weighted by Gasteiger charge is -2.11. The van der Waals surface area contributed by atoms with Crippen molar-refractivity contribution >= 4 is 28.5 Å². The van der Waals surface area contributed by atoms with Crippen LogP contribution in [0.25, 0.3) is 5.69 Å². The standard InChI is InChI=1S/C13H15FIN3O/c1-9-8-18(13(17-9)16-5-6-19-2)12-4-3-10(14)7-11(12)15/h3-4,7-8H,5-6H2,1-2H3,(H,16,17). The third-order valence-corrected chi connectivity index (χ3v) is 3.45. The fraction of sp³-hybridized carbons (Fsp3) is 0.308. The lowest BCUT2D eigenvalue weighted by atomic mass is 10.3. The molecule has 0 fully saturated rings. The Morgan fingerprint density at radius 1 is 1.47 bits per heavy atom. The second kappa shape index (κ2) is 6.33. The molecule has 0 aliphatic rings. The van der Waals surface area contributed by atoms with Gasteiger partial charge in [0.25, 0.3) is 0 Å². The second-order valence-corrected chi connectivity index (χ2v) is 5.25. The molecule has 0 unspecified atom stereocenters. The average Bonchev–Trinajstić information content (AvgIpc) is 2.71. The summed E-state index contributed by atoms with van der Waals surface area (Å²) in [5, 5.41) is 3.21. The van der Waals surface area contributed by atoms with Crippen molar-refractivity contribution in [3.05, 3.63) is 39.5 Å². The molecule has 0 saturated carbocycles. The first-order valence-corrected chi connectivity index (χ1v) is 6.94. The molecule has 4 nitrogen and oxygen atoms in total. The third-order valence-electron chi connectivity index (χ3n) is 2.58. The van der Waals surface area contributed by atoms with Gasteiger partial charge in [-0.05, 0) is 47.7 Å². The van der Waals surface area contributed by atoms with Gasteiger partial charge in [-0.15, -0.1) is 0 Å². The van der Waals surface area contributed by atoms with E-state index in [2.05, 4.69) is 32.9 Å². The van der Waals surface area contributed by atoms with Crippen molar-refractivity contribution in [1.82, 2.24) is 9.55 Å². The molecule has 1 aromatic carbocycles. The topological polar surface area (TPSA) is 39.1 Å². The number of ether oxygens (including phenoxy) is 1. The summed E-state index contributed by atoms with van der Waals surface area (Å²) >= 11 is 2.12. The van der Waals surface area contributed by atoms with Gasteiger partial charge in [-0.2, -0.15) is 0 Å². The smallest absolute Gasteiger partial charge is 0.207 e. The number of methoxy groups -OCH3 is 1. The first-order valence-electron chi connectivity index (χ1n) is 5.86. The lowest BCUT2D eigenvalue weighted by molar-refractivity contribution is 0.210. The van der Waals surface area contributed by atoms with Crippen LogP contribution >= 0.6 is 22.6 Å². The number of nitrogens with zero attached hydrogens (tertiary/aromatic N) is 2. The molecule has 0 atom stereocenters. The van der Waals surface area contributed by atoms with E-state index in [9.17, 15) is 4.39 Å².